The summed E-state index contributed by atoms with van der Waals surface area (Å²) >= 11 is 0. The summed E-state index contributed by atoms with van der Waals surface area (Å²) < 4.78 is 5.76. The molecule has 0 spiro atoms. The van der Waals surface area contributed by atoms with Crippen LogP contribution < -0.4 is 4.74 Å². The minimum Gasteiger partial charge on any atom is -0.494 e. The van der Waals surface area contributed by atoms with E-state index in [0.717, 1.165) is 11.3 Å². The molecule has 0 amide bonds. The van der Waals surface area contributed by atoms with E-state index < -0.39 is 0 Å². The van der Waals surface area contributed by atoms with Crippen LogP contribution in [0.1, 0.15) is 50.8 Å². The van der Waals surface area contributed by atoms with E-state index in [9.17, 15) is 4.79 Å². The van der Waals surface area contributed by atoms with Gasteiger partial charge in [-0.05, 0) is 44.9 Å². The molecule has 0 aromatic heterocycles. The van der Waals surface area contributed by atoms with Gasteiger partial charge in [0.1, 0.15) is 11.5 Å². The summed E-state index contributed by atoms with van der Waals surface area (Å²) in [6.07, 6.45) is 0.539. The molecule has 0 aliphatic heterocycles. The first kappa shape index (κ1) is 14.7. The highest BCUT2D eigenvalue weighted by Gasteiger charge is 2.28. The fourth-order valence-electron chi connectivity index (χ4n) is 2.78. The monoisotopic (exact) mass is 248 g/mol. The summed E-state index contributed by atoms with van der Waals surface area (Å²) in [5, 5.41) is 0. The molecule has 0 bridgehead atoms. The number of benzene rings is 1. The standard InChI is InChI=1S/C16H24O2/c1-7-18-14-9-11(2)8-12(3)15(14)16(5,6)10-13(4)17/h8-9H,7,10H2,1-6H3. The molecular weight excluding hydrogens is 224 g/mol. The lowest BCUT2D eigenvalue weighted by Crippen LogP contribution is -2.23. The Morgan fingerprint density at radius 2 is 1.89 bits per heavy atom. The van der Waals surface area contributed by atoms with Gasteiger partial charge in [-0.15, -0.1) is 0 Å². The van der Waals surface area contributed by atoms with Crippen molar-refractivity contribution in [3.05, 3.63) is 28.8 Å². The van der Waals surface area contributed by atoms with Crippen LogP contribution in [-0.2, 0) is 10.2 Å². The molecule has 0 saturated carbocycles. The summed E-state index contributed by atoms with van der Waals surface area (Å²) in [7, 11) is 0. The Balaban J connectivity index is 3.32. The van der Waals surface area contributed by atoms with E-state index in [1.165, 1.54) is 11.1 Å². The summed E-state index contributed by atoms with van der Waals surface area (Å²) in [6.45, 7) is 12.6. The molecule has 0 saturated heterocycles. The van der Waals surface area contributed by atoms with Gasteiger partial charge in [0, 0.05) is 17.4 Å². The Morgan fingerprint density at radius 1 is 1.28 bits per heavy atom. The molecule has 0 heterocycles. The minimum atomic E-state index is -0.186. The molecule has 0 atom stereocenters. The first-order valence-electron chi connectivity index (χ1n) is 6.52. The number of rotatable bonds is 5. The van der Waals surface area contributed by atoms with E-state index >= 15 is 0 Å². The van der Waals surface area contributed by atoms with Crippen LogP contribution in [0.5, 0.6) is 5.75 Å². The number of hydrogen-bond acceptors (Lipinski definition) is 2. The van der Waals surface area contributed by atoms with Crippen LogP contribution in [0.4, 0.5) is 0 Å². The number of ketones is 1. The van der Waals surface area contributed by atoms with Gasteiger partial charge in [-0.2, -0.15) is 0 Å². The van der Waals surface area contributed by atoms with Crippen molar-refractivity contribution >= 4 is 5.78 Å². The number of carbonyl (C=O) groups excluding carboxylic acids is 1. The molecule has 0 radical (unpaired) electrons. The van der Waals surface area contributed by atoms with Gasteiger partial charge in [-0.25, -0.2) is 0 Å². The van der Waals surface area contributed by atoms with Crippen LogP contribution in [0, 0.1) is 13.8 Å². The zero-order valence-electron chi connectivity index (χ0n) is 12.4. The second-order valence-electron chi connectivity index (χ2n) is 5.65. The maximum Gasteiger partial charge on any atom is 0.130 e. The van der Waals surface area contributed by atoms with Gasteiger partial charge in [-0.3, -0.25) is 4.79 Å². The maximum absolute atomic E-state index is 11.4. The Morgan fingerprint density at radius 3 is 2.39 bits per heavy atom. The van der Waals surface area contributed by atoms with Crippen LogP contribution >= 0.6 is 0 Å². The third-order valence-electron chi connectivity index (χ3n) is 3.11. The van der Waals surface area contributed by atoms with Gasteiger partial charge in [0.15, 0.2) is 0 Å². The fraction of sp³-hybridized carbons (Fsp3) is 0.562. The van der Waals surface area contributed by atoms with Gasteiger partial charge < -0.3 is 4.74 Å². The molecule has 0 aliphatic rings. The normalized spacial score (nSPS) is 11.4. The van der Waals surface area contributed by atoms with E-state index in [4.69, 9.17) is 4.74 Å². The molecule has 100 valence electrons. The molecule has 0 unspecified atom stereocenters. The highest BCUT2D eigenvalue weighted by Crippen LogP contribution is 2.37. The van der Waals surface area contributed by atoms with E-state index in [0.29, 0.717) is 13.0 Å². The summed E-state index contributed by atoms with van der Waals surface area (Å²) in [4.78, 5) is 11.4. The number of ether oxygens (including phenoxy) is 1. The van der Waals surface area contributed by atoms with E-state index in [-0.39, 0.29) is 11.2 Å². The van der Waals surface area contributed by atoms with Crippen LogP contribution in [0.2, 0.25) is 0 Å². The van der Waals surface area contributed by atoms with Crippen LogP contribution in [0.3, 0.4) is 0 Å². The maximum atomic E-state index is 11.4. The highest BCUT2D eigenvalue weighted by atomic mass is 16.5. The number of aryl methyl sites for hydroxylation is 2. The van der Waals surface area contributed by atoms with Gasteiger partial charge in [0.2, 0.25) is 0 Å². The predicted molar refractivity (Wildman–Crippen MR) is 75.4 cm³/mol. The second kappa shape index (κ2) is 5.55. The van der Waals surface area contributed by atoms with E-state index in [1.54, 1.807) is 6.92 Å². The van der Waals surface area contributed by atoms with Crippen molar-refractivity contribution in [1.82, 2.24) is 0 Å². The number of Topliss-reactive ketones (excluding diaryl/α,β-unsaturated/α-hetero) is 1. The van der Waals surface area contributed by atoms with Gasteiger partial charge in [0.05, 0.1) is 6.61 Å². The Labute approximate surface area is 110 Å². The fourth-order valence-corrected chi connectivity index (χ4v) is 2.78. The summed E-state index contributed by atoms with van der Waals surface area (Å²) in [5.74, 6) is 1.13. The quantitative estimate of drug-likeness (QED) is 0.788. The lowest BCUT2D eigenvalue weighted by atomic mass is 9.77. The number of hydrogen-bond donors (Lipinski definition) is 0. The first-order valence-corrected chi connectivity index (χ1v) is 6.52. The largest absolute Gasteiger partial charge is 0.494 e. The molecule has 0 N–H and O–H groups in total. The van der Waals surface area contributed by atoms with E-state index in [1.807, 2.05) is 6.92 Å². The molecule has 1 rings (SSSR count). The van der Waals surface area contributed by atoms with Crippen LogP contribution in [0.25, 0.3) is 0 Å². The Hall–Kier alpha value is -1.31. The third kappa shape index (κ3) is 3.34. The predicted octanol–water partition coefficient (Wildman–Crippen LogP) is 3.96. The highest BCUT2D eigenvalue weighted by molar-refractivity contribution is 5.77. The molecule has 1 aromatic carbocycles. The van der Waals surface area contributed by atoms with Crippen molar-refractivity contribution in [2.75, 3.05) is 6.61 Å². The van der Waals surface area contributed by atoms with Crippen molar-refractivity contribution < 1.29 is 9.53 Å². The Bertz CT molecular complexity index is 445. The van der Waals surface area contributed by atoms with Crippen molar-refractivity contribution in [1.29, 1.82) is 0 Å². The minimum absolute atomic E-state index is 0.186. The van der Waals surface area contributed by atoms with E-state index in [2.05, 4.69) is 39.8 Å². The summed E-state index contributed by atoms with van der Waals surface area (Å²) in [5.41, 5.74) is 3.36. The average molecular weight is 248 g/mol. The molecule has 0 fully saturated rings. The second-order valence-corrected chi connectivity index (χ2v) is 5.65. The molecule has 0 aliphatic carbocycles. The summed E-state index contributed by atoms with van der Waals surface area (Å²) in [6, 6.07) is 4.22. The van der Waals surface area contributed by atoms with Gasteiger partial charge >= 0.3 is 0 Å². The third-order valence-corrected chi connectivity index (χ3v) is 3.11. The van der Waals surface area contributed by atoms with Crippen molar-refractivity contribution in [2.24, 2.45) is 0 Å². The first-order chi connectivity index (χ1) is 8.27. The Kier molecular flexibility index (Phi) is 4.55. The van der Waals surface area contributed by atoms with Crippen molar-refractivity contribution in [3.63, 3.8) is 0 Å². The number of carbonyl (C=O) groups is 1. The smallest absolute Gasteiger partial charge is 0.130 e. The van der Waals surface area contributed by atoms with Gasteiger partial charge in [0.25, 0.3) is 0 Å². The zero-order chi connectivity index (χ0) is 13.9. The van der Waals surface area contributed by atoms with Crippen molar-refractivity contribution in [3.8, 4) is 5.75 Å². The molecule has 2 heteroatoms. The SMILES string of the molecule is CCOc1cc(C)cc(C)c1C(C)(C)CC(C)=O. The van der Waals surface area contributed by atoms with Crippen LogP contribution in [0.15, 0.2) is 12.1 Å². The topological polar surface area (TPSA) is 26.3 Å². The zero-order valence-corrected chi connectivity index (χ0v) is 12.4. The molecule has 2 nitrogen and oxygen atoms in total. The van der Waals surface area contributed by atoms with Crippen molar-refractivity contribution in [2.45, 2.75) is 53.4 Å². The lowest BCUT2D eigenvalue weighted by Gasteiger charge is -2.28. The van der Waals surface area contributed by atoms with Gasteiger partial charge in [-0.1, -0.05) is 19.9 Å². The molecular formula is C16H24O2. The average Bonchev–Trinajstić information content (AvgIpc) is 2.13. The lowest BCUT2D eigenvalue weighted by molar-refractivity contribution is -0.118. The molecule has 18 heavy (non-hydrogen) atoms. The molecule has 1 aromatic rings. The van der Waals surface area contributed by atoms with Crippen LogP contribution in [-0.4, -0.2) is 12.4 Å².